The molecule has 0 aliphatic carbocycles. The van der Waals surface area contributed by atoms with E-state index in [-0.39, 0.29) is 15.9 Å². The number of rotatable bonds is 7. The molecule has 1 heterocycles. The van der Waals surface area contributed by atoms with Crippen LogP contribution in [-0.4, -0.2) is 30.2 Å². The summed E-state index contributed by atoms with van der Waals surface area (Å²) in [4.78, 5) is 28.0. The van der Waals surface area contributed by atoms with Gasteiger partial charge in [-0.25, -0.2) is 4.39 Å². The van der Waals surface area contributed by atoms with Gasteiger partial charge in [-0.15, -0.1) is 13.2 Å². The van der Waals surface area contributed by atoms with Gasteiger partial charge in [-0.05, 0) is 36.4 Å². The number of aromatic nitrogens is 1. The SMILES string of the molecule is [2H]C([2H])([2H])Oc1cc(OC(F)(F)F)ccc1Oc1cc(Br)cc(F)c1C(=O)Nc1ccnc(C(N)=O)c1. The van der Waals surface area contributed by atoms with E-state index in [1.165, 1.54) is 12.3 Å². The van der Waals surface area contributed by atoms with E-state index in [0.29, 0.717) is 6.07 Å². The molecule has 34 heavy (non-hydrogen) atoms. The number of hydrogen-bond acceptors (Lipinski definition) is 6. The van der Waals surface area contributed by atoms with Crippen LogP contribution in [-0.2, 0) is 0 Å². The highest BCUT2D eigenvalue weighted by molar-refractivity contribution is 9.10. The van der Waals surface area contributed by atoms with Crippen molar-refractivity contribution < 1.29 is 45.5 Å². The van der Waals surface area contributed by atoms with Gasteiger partial charge < -0.3 is 25.3 Å². The first-order valence-corrected chi connectivity index (χ1v) is 9.73. The van der Waals surface area contributed by atoms with Crippen LogP contribution in [0.25, 0.3) is 0 Å². The van der Waals surface area contributed by atoms with E-state index in [1.807, 2.05) is 0 Å². The van der Waals surface area contributed by atoms with Gasteiger partial charge >= 0.3 is 6.36 Å². The molecule has 3 rings (SSSR count). The number of methoxy groups -OCH3 is 1. The Morgan fingerprint density at radius 2 is 1.88 bits per heavy atom. The van der Waals surface area contributed by atoms with E-state index in [4.69, 9.17) is 19.3 Å². The fourth-order valence-electron chi connectivity index (χ4n) is 2.66. The van der Waals surface area contributed by atoms with Crippen molar-refractivity contribution in [3.8, 4) is 23.0 Å². The molecule has 0 unspecified atom stereocenters. The lowest BCUT2D eigenvalue weighted by Crippen LogP contribution is -2.17. The first kappa shape index (κ1) is 20.7. The summed E-state index contributed by atoms with van der Waals surface area (Å²) in [6, 6.07) is 6.80. The maximum absolute atomic E-state index is 14.9. The molecule has 0 atom stereocenters. The van der Waals surface area contributed by atoms with Crippen LogP contribution in [0, 0.1) is 5.82 Å². The van der Waals surface area contributed by atoms with Crippen molar-refractivity contribution in [2.45, 2.75) is 6.36 Å². The van der Waals surface area contributed by atoms with Crippen LogP contribution in [0.1, 0.15) is 25.0 Å². The van der Waals surface area contributed by atoms with Crippen LogP contribution in [0.4, 0.5) is 23.2 Å². The van der Waals surface area contributed by atoms with Crippen molar-refractivity contribution in [1.29, 1.82) is 0 Å². The Kier molecular flexibility index (Phi) is 6.06. The summed E-state index contributed by atoms with van der Waals surface area (Å²) in [6.07, 6.45) is -3.91. The molecule has 8 nitrogen and oxygen atoms in total. The molecule has 13 heteroatoms. The predicted octanol–water partition coefficient (Wildman–Crippen LogP) is 5.03. The summed E-state index contributed by atoms with van der Waals surface area (Å²) in [6.45, 7) is 0. The van der Waals surface area contributed by atoms with Gasteiger partial charge in [0, 0.05) is 22.4 Å². The molecular formula is C21H14BrF4N3O5. The summed E-state index contributed by atoms with van der Waals surface area (Å²) >= 11 is 3.04. The highest BCUT2D eigenvalue weighted by Crippen LogP contribution is 2.39. The number of carbonyl (C=O) groups is 2. The Balaban J connectivity index is 2.01. The van der Waals surface area contributed by atoms with E-state index >= 15 is 0 Å². The second-order valence-corrected chi connectivity index (χ2v) is 7.29. The van der Waals surface area contributed by atoms with Crippen molar-refractivity contribution in [2.24, 2.45) is 5.73 Å². The molecule has 178 valence electrons. The third-order valence-corrected chi connectivity index (χ3v) is 4.45. The van der Waals surface area contributed by atoms with Gasteiger partial charge in [0.1, 0.15) is 28.6 Å². The summed E-state index contributed by atoms with van der Waals surface area (Å²) < 4.78 is 88.6. The van der Waals surface area contributed by atoms with Crippen molar-refractivity contribution >= 4 is 33.4 Å². The Morgan fingerprint density at radius 3 is 2.56 bits per heavy atom. The number of nitrogens with one attached hydrogen (secondary N) is 1. The van der Waals surface area contributed by atoms with Gasteiger partial charge in [0.2, 0.25) is 0 Å². The molecule has 0 bridgehead atoms. The highest BCUT2D eigenvalue weighted by Gasteiger charge is 2.31. The second-order valence-electron chi connectivity index (χ2n) is 6.37. The molecule has 3 aromatic rings. The van der Waals surface area contributed by atoms with Crippen LogP contribution in [0.15, 0.2) is 53.1 Å². The van der Waals surface area contributed by atoms with Crippen LogP contribution >= 0.6 is 15.9 Å². The molecule has 0 saturated carbocycles. The number of nitrogens with two attached hydrogens (primary N) is 1. The zero-order valence-electron chi connectivity index (χ0n) is 19.6. The minimum absolute atomic E-state index is 0.0298. The maximum atomic E-state index is 14.9. The van der Waals surface area contributed by atoms with E-state index in [2.05, 4.69) is 31.0 Å². The number of nitrogens with zero attached hydrogens (tertiary/aromatic N) is 1. The smallest absolute Gasteiger partial charge is 0.493 e. The van der Waals surface area contributed by atoms with Gasteiger partial charge in [0.05, 0.1) is 11.2 Å². The summed E-state index contributed by atoms with van der Waals surface area (Å²) in [5.74, 6) is -5.49. The van der Waals surface area contributed by atoms with Gasteiger partial charge in [-0.1, -0.05) is 15.9 Å². The Labute approximate surface area is 202 Å². The Morgan fingerprint density at radius 1 is 1.12 bits per heavy atom. The van der Waals surface area contributed by atoms with Gasteiger partial charge in [0.15, 0.2) is 11.5 Å². The standard InChI is InChI=1S/C21H14BrF4N3O5/c1-32-16-9-12(34-21(24,25)26)2-3-15(16)33-17-7-10(22)6-13(23)18(17)20(31)29-11-4-5-28-14(8-11)19(27)30/h2-9H,1H3,(H2,27,30)(H,28,29,31)/i1D3. The topological polar surface area (TPSA) is 113 Å². The van der Waals surface area contributed by atoms with Crippen LogP contribution in [0.3, 0.4) is 0 Å². The molecule has 0 aliphatic rings. The van der Waals surface area contributed by atoms with E-state index in [9.17, 15) is 27.2 Å². The first-order valence-electron chi connectivity index (χ1n) is 10.4. The minimum Gasteiger partial charge on any atom is -0.493 e. The second kappa shape index (κ2) is 9.95. The molecule has 2 aromatic carbocycles. The van der Waals surface area contributed by atoms with Crippen LogP contribution < -0.4 is 25.3 Å². The molecule has 0 saturated heterocycles. The number of primary amides is 1. The Bertz CT molecular complexity index is 1360. The fraction of sp³-hybridized carbons (Fsp3) is 0.0952. The summed E-state index contributed by atoms with van der Waals surface area (Å²) in [5, 5.41) is 2.34. The lowest BCUT2D eigenvalue weighted by Gasteiger charge is -2.16. The van der Waals surface area contributed by atoms with Crippen molar-refractivity contribution in [1.82, 2.24) is 4.98 Å². The zero-order valence-corrected chi connectivity index (χ0v) is 18.2. The van der Waals surface area contributed by atoms with E-state index < -0.39 is 59.6 Å². The molecule has 2 amide bonds. The van der Waals surface area contributed by atoms with E-state index in [0.717, 1.165) is 30.3 Å². The number of pyridine rings is 1. The Hall–Kier alpha value is -3.87. The quantitative estimate of drug-likeness (QED) is 0.402. The number of ether oxygens (including phenoxy) is 3. The monoisotopic (exact) mass is 546 g/mol. The average Bonchev–Trinajstić information content (AvgIpc) is 2.73. The van der Waals surface area contributed by atoms with Crippen molar-refractivity contribution in [3.63, 3.8) is 0 Å². The van der Waals surface area contributed by atoms with Crippen molar-refractivity contribution in [3.05, 3.63) is 70.2 Å². The predicted molar refractivity (Wildman–Crippen MR) is 115 cm³/mol. The van der Waals surface area contributed by atoms with Gasteiger partial charge in [-0.3, -0.25) is 14.6 Å². The lowest BCUT2D eigenvalue weighted by atomic mass is 10.1. The molecule has 1 aromatic heterocycles. The number of halogens is 5. The number of anilines is 1. The number of amides is 2. The number of alkyl halides is 3. The van der Waals surface area contributed by atoms with Crippen LogP contribution in [0.5, 0.6) is 23.0 Å². The summed E-state index contributed by atoms with van der Waals surface area (Å²) in [7, 11) is -3.11. The molecule has 0 aliphatic heterocycles. The number of benzene rings is 2. The van der Waals surface area contributed by atoms with Gasteiger partial charge in [-0.2, -0.15) is 0 Å². The first-order chi connectivity index (χ1) is 17.1. The largest absolute Gasteiger partial charge is 0.573 e. The summed E-state index contributed by atoms with van der Waals surface area (Å²) in [5.41, 5.74) is 4.33. The fourth-order valence-corrected chi connectivity index (χ4v) is 3.06. The van der Waals surface area contributed by atoms with Crippen molar-refractivity contribution in [2.75, 3.05) is 12.4 Å². The normalized spacial score (nSPS) is 12.7. The zero-order chi connectivity index (χ0) is 27.5. The van der Waals surface area contributed by atoms with Gasteiger partial charge in [0.25, 0.3) is 11.8 Å². The highest BCUT2D eigenvalue weighted by atomic mass is 79.9. The third-order valence-electron chi connectivity index (χ3n) is 3.99. The molecule has 0 radical (unpaired) electrons. The number of carbonyl (C=O) groups excluding carboxylic acids is 2. The minimum atomic E-state index is -5.08. The van der Waals surface area contributed by atoms with E-state index in [1.54, 1.807) is 0 Å². The molecule has 0 fully saturated rings. The van der Waals surface area contributed by atoms with Crippen LogP contribution in [0.2, 0.25) is 0 Å². The molecule has 0 spiro atoms. The molecular weight excluding hydrogens is 530 g/mol. The molecule has 3 N–H and O–H groups in total. The number of hydrogen-bond donors (Lipinski definition) is 2. The maximum Gasteiger partial charge on any atom is 0.573 e. The average molecular weight is 547 g/mol. The third kappa shape index (κ3) is 6.13. The lowest BCUT2D eigenvalue weighted by molar-refractivity contribution is -0.274.